The highest BCUT2D eigenvalue weighted by Crippen LogP contribution is 1.96. The highest BCUT2D eigenvalue weighted by Gasteiger charge is 2.04. The second kappa shape index (κ2) is 2.44. The van der Waals surface area contributed by atoms with E-state index in [4.69, 9.17) is 0 Å². The standard InChI is InChI=1S/C7H8N4O/c1-2-5-9-10-6-7(12)8-3-4-11(5)6/h3-4H,2H2,1H3,(H,8,12). The van der Waals surface area contributed by atoms with Crippen LogP contribution in [0.3, 0.4) is 0 Å². The lowest BCUT2D eigenvalue weighted by atomic mass is 10.4. The average molecular weight is 164 g/mol. The monoisotopic (exact) mass is 164 g/mol. The number of rotatable bonds is 1. The van der Waals surface area contributed by atoms with Gasteiger partial charge in [0, 0.05) is 18.8 Å². The maximum absolute atomic E-state index is 11.1. The third-order valence-electron chi connectivity index (χ3n) is 1.72. The van der Waals surface area contributed by atoms with Crippen LogP contribution in [0.15, 0.2) is 17.2 Å². The normalized spacial score (nSPS) is 10.8. The minimum atomic E-state index is -0.204. The number of nitrogens with one attached hydrogen (secondary N) is 1. The fourth-order valence-corrected chi connectivity index (χ4v) is 1.13. The summed E-state index contributed by atoms with van der Waals surface area (Å²) < 4.78 is 1.69. The summed E-state index contributed by atoms with van der Waals surface area (Å²) in [5.41, 5.74) is 0.152. The quantitative estimate of drug-likeness (QED) is 0.644. The molecular weight excluding hydrogens is 156 g/mol. The first-order chi connectivity index (χ1) is 5.83. The lowest BCUT2D eigenvalue weighted by Crippen LogP contribution is -2.09. The number of hydrogen-bond donors (Lipinski definition) is 1. The summed E-state index contributed by atoms with van der Waals surface area (Å²) in [4.78, 5) is 13.7. The zero-order chi connectivity index (χ0) is 8.55. The van der Waals surface area contributed by atoms with Gasteiger partial charge < -0.3 is 4.98 Å². The lowest BCUT2D eigenvalue weighted by molar-refractivity contribution is 0.905. The minimum absolute atomic E-state index is 0.204. The van der Waals surface area contributed by atoms with Gasteiger partial charge in [0.25, 0.3) is 5.56 Å². The smallest absolute Gasteiger partial charge is 0.293 e. The molecule has 0 fully saturated rings. The molecule has 0 radical (unpaired) electrons. The van der Waals surface area contributed by atoms with Crippen molar-refractivity contribution in [2.75, 3.05) is 0 Å². The Morgan fingerprint density at radius 1 is 1.58 bits per heavy atom. The van der Waals surface area contributed by atoms with Crippen molar-refractivity contribution in [2.24, 2.45) is 0 Å². The molecule has 0 amide bonds. The Hall–Kier alpha value is -1.65. The highest BCUT2D eigenvalue weighted by atomic mass is 16.1. The van der Waals surface area contributed by atoms with Gasteiger partial charge in [-0.1, -0.05) is 6.92 Å². The van der Waals surface area contributed by atoms with Crippen molar-refractivity contribution in [3.8, 4) is 0 Å². The Kier molecular flexibility index (Phi) is 1.43. The first kappa shape index (κ1) is 7.02. The van der Waals surface area contributed by atoms with Gasteiger partial charge in [0.15, 0.2) is 0 Å². The Balaban J connectivity index is 2.89. The second-order valence-electron chi connectivity index (χ2n) is 2.45. The molecule has 1 N–H and O–H groups in total. The van der Waals surface area contributed by atoms with Crippen molar-refractivity contribution < 1.29 is 0 Å². The molecule has 0 aromatic carbocycles. The molecule has 2 aromatic heterocycles. The van der Waals surface area contributed by atoms with Crippen LogP contribution in [-0.2, 0) is 6.42 Å². The molecule has 0 atom stereocenters. The van der Waals surface area contributed by atoms with E-state index in [2.05, 4.69) is 15.2 Å². The number of H-pyrrole nitrogens is 1. The van der Waals surface area contributed by atoms with Gasteiger partial charge in [-0.3, -0.25) is 9.20 Å². The first-order valence-corrected chi connectivity index (χ1v) is 3.74. The van der Waals surface area contributed by atoms with Crippen LogP contribution in [0.5, 0.6) is 0 Å². The number of aromatic nitrogens is 4. The van der Waals surface area contributed by atoms with Crippen LogP contribution < -0.4 is 5.56 Å². The van der Waals surface area contributed by atoms with Crippen molar-refractivity contribution >= 4 is 5.65 Å². The van der Waals surface area contributed by atoms with Gasteiger partial charge in [0.05, 0.1) is 0 Å². The Labute approximate surface area is 68.1 Å². The number of aryl methyl sites for hydroxylation is 1. The van der Waals surface area contributed by atoms with Gasteiger partial charge in [-0.2, -0.15) is 0 Å². The Morgan fingerprint density at radius 2 is 2.42 bits per heavy atom. The Morgan fingerprint density at radius 3 is 3.17 bits per heavy atom. The number of hydrogen-bond acceptors (Lipinski definition) is 3. The van der Waals surface area contributed by atoms with E-state index in [0.29, 0.717) is 5.65 Å². The molecule has 5 heteroatoms. The number of aromatic amines is 1. The molecule has 0 spiro atoms. The SMILES string of the molecule is CCc1nnc2c(=O)[nH]ccn12. The van der Waals surface area contributed by atoms with Crippen LogP contribution in [0, 0.1) is 0 Å². The third-order valence-corrected chi connectivity index (χ3v) is 1.72. The van der Waals surface area contributed by atoms with Crippen LogP contribution in [0.2, 0.25) is 0 Å². The topological polar surface area (TPSA) is 63.0 Å². The number of fused-ring (bicyclic) bond motifs is 1. The molecule has 0 bridgehead atoms. The summed E-state index contributed by atoms with van der Waals surface area (Å²) in [6.45, 7) is 1.97. The highest BCUT2D eigenvalue weighted by molar-refractivity contribution is 5.33. The summed E-state index contributed by atoms with van der Waals surface area (Å²) in [5, 5.41) is 7.63. The lowest BCUT2D eigenvalue weighted by Gasteiger charge is -1.92. The molecule has 0 aliphatic heterocycles. The number of nitrogens with zero attached hydrogens (tertiary/aromatic N) is 3. The van der Waals surface area contributed by atoms with Gasteiger partial charge in [0.2, 0.25) is 5.65 Å². The van der Waals surface area contributed by atoms with Gasteiger partial charge >= 0.3 is 0 Å². The van der Waals surface area contributed by atoms with Gasteiger partial charge in [-0.15, -0.1) is 10.2 Å². The average Bonchev–Trinajstić information content (AvgIpc) is 2.49. The summed E-state index contributed by atoms with van der Waals surface area (Å²) in [6, 6.07) is 0. The van der Waals surface area contributed by atoms with E-state index < -0.39 is 0 Å². The predicted octanol–water partition coefficient (Wildman–Crippen LogP) is -0.0200. The van der Waals surface area contributed by atoms with Crippen molar-refractivity contribution in [3.63, 3.8) is 0 Å². The molecule has 62 valence electrons. The van der Waals surface area contributed by atoms with E-state index >= 15 is 0 Å². The third kappa shape index (κ3) is 0.827. The van der Waals surface area contributed by atoms with E-state index in [0.717, 1.165) is 12.2 Å². The van der Waals surface area contributed by atoms with Crippen LogP contribution >= 0.6 is 0 Å². The largest absolute Gasteiger partial charge is 0.324 e. The van der Waals surface area contributed by atoms with Crippen molar-refractivity contribution in [2.45, 2.75) is 13.3 Å². The van der Waals surface area contributed by atoms with Crippen LogP contribution in [-0.4, -0.2) is 19.6 Å². The fraction of sp³-hybridized carbons (Fsp3) is 0.286. The van der Waals surface area contributed by atoms with E-state index in [-0.39, 0.29) is 5.56 Å². The van der Waals surface area contributed by atoms with Gasteiger partial charge in [-0.25, -0.2) is 0 Å². The van der Waals surface area contributed by atoms with Crippen LogP contribution in [0.25, 0.3) is 5.65 Å². The van der Waals surface area contributed by atoms with Gasteiger partial charge in [0.1, 0.15) is 5.82 Å². The predicted molar refractivity (Wildman–Crippen MR) is 43.0 cm³/mol. The zero-order valence-corrected chi connectivity index (χ0v) is 6.61. The first-order valence-electron chi connectivity index (χ1n) is 3.74. The molecule has 0 unspecified atom stereocenters. The molecule has 2 rings (SSSR count). The molecule has 2 heterocycles. The summed E-state index contributed by atoms with van der Waals surface area (Å²) >= 11 is 0. The molecule has 0 saturated heterocycles. The second-order valence-corrected chi connectivity index (χ2v) is 2.45. The molecule has 12 heavy (non-hydrogen) atoms. The van der Waals surface area contributed by atoms with Crippen molar-refractivity contribution in [1.29, 1.82) is 0 Å². The minimum Gasteiger partial charge on any atom is -0.324 e. The molecule has 0 aliphatic carbocycles. The molecule has 5 nitrogen and oxygen atoms in total. The summed E-state index contributed by atoms with van der Waals surface area (Å²) in [7, 11) is 0. The van der Waals surface area contributed by atoms with E-state index in [1.54, 1.807) is 16.8 Å². The van der Waals surface area contributed by atoms with Crippen LogP contribution in [0.1, 0.15) is 12.7 Å². The zero-order valence-electron chi connectivity index (χ0n) is 6.61. The molecule has 2 aromatic rings. The van der Waals surface area contributed by atoms with Gasteiger partial charge in [-0.05, 0) is 0 Å². The van der Waals surface area contributed by atoms with Crippen LogP contribution in [0.4, 0.5) is 0 Å². The van der Waals surface area contributed by atoms with Crippen molar-refractivity contribution in [1.82, 2.24) is 19.6 Å². The van der Waals surface area contributed by atoms with E-state index in [1.165, 1.54) is 0 Å². The Bertz CT molecular complexity index is 456. The molecule has 0 saturated carbocycles. The van der Waals surface area contributed by atoms with E-state index in [9.17, 15) is 4.79 Å². The fourth-order valence-electron chi connectivity index (χ4n) is 1.13. The molecule has 0 aliphatic rings. The van der Waals surface area contributed by atoms with E-state index in [1.807, 2.05) is 6.92 Å². The molecular formula is C7H8N4O. The van der Waals surface area contributed by atoms with Crippen molar-refractivity contribution in [3.05, 3.63) is 28.6 Å². The maximum atomic E-state index is 11.1. The summed E-state index contributed by atoms with van der Waals surface area (Å²) in [5.74, 6) is 0.802. The summed E-state index contributed by atoms with van der Waals surface area (Å²) in [6.07, 6.45) is 4.10. The maximum Gasteiger partial charge on any atom is 0.293 e.